The number of nitrogens with one attached hydrogen (secondary N) is 1. The summed E-state index contributed by atoms with van der Waals surface area (Å²) in [6, 6.07) is 6.35. The predicted octanol–water partition coefficient (Wildman–Crippen LogP) is 3.43. The number of aryl methyl sites for hydroxylation is 1. The van der Waals surface area contributed by atoms with E-state index in [9.17, 15) is 4.79 Å². The molecule has 0 aliphatic heterocycles. The fourth-order valence-electron chi connectivity index (χ4n) is 2.23. The van der Waals surface area contributed by atoms with Gasteiger partial charge in [0.25, 0.3) is 0 Å². The summed E-state index contributed by atoms with van der Waals surface area (Å²) in [7, 11) is 2.02. The molecule has 19 heavy (non-hydrogen) atoms. The zero-order valence-corrected chi connectivity index (χ0v) is 13.3. The van der Waals surface area contributed by atoms with Crippen LogP contribution in [0.2, 0.25) is 0 Å². The van der Waals surface area contributed by atoms with Gasteiger partial charge in [-0.25, -0.2) is 0 Å². The van der Waals surface area contributed by atoms with E-state index in [0.717, 1.165) is 21.6 Å². The van der Waals surface area contributed by atoms with Gasteiger partial charge in [0.1, 0.15) is 0 Å². The lowest BCUT2D eigenvalue weighted by Crippen LogP contribution is -2.37. The summed E-state index contributed by atoms with van der Waals surface area (Å²) in [5.74, 6) is 0.837. The molecular weight excluding hydrogens is 304 g/mol. The molecule has 3 nitrogen and oxygen atoms in total. The van der Waals surface area contributed by atoms with Crippen molar-refractivity contribution in [1.29, 1.82) is 0 Å². The summed E-state index contributed by atoms with van der Waals surface area (Å²) in [5, 5.41) is 2.95. The molecule has 4 heteroatoms. The van der Waals surface area contributed by atoms with Crippen molar-refractivity contribution in [1.82, 2.24) is 4.90 Å². The molecule has 1 aromatic carbocycles. The van der Waals surface area contributed by atoms with Gasteiger partial charge in [0, 0.05) is 16.2 Å². The molecule has 0 saturated heterocycles. The Labute approximate surface area is 123 Å². The van der Waals surface area contributed by atoms with Crippen molar-refractivity contribution >= 4 is 27.5 Å². The van der Waals surface area contributed by atoms with Crippen molar-refractivity contribution in [3.05, 3.63) is 28.2 Å². The molecule has 1 aliphatic carbocycles. The molecule has 1 saturated carbocycles. The van der Waals surface area contributed by atoms with Crippen molar-refractivity contribution < 1.29 is 4.79 Å². The maximum Gasteiger partial charge on any atom is 0.238 e. The Kier molecular flexibility index (Phi) is 4.63. The minimum Gasteiger partial charge on any atom is -0.325 e. The Hall–Kier alpha value is -0.870. The van der Waals surface area contributed by atoms with E-state index in [1.165, 1.54) is 12.8 Å². The van der Waals surface area contributed by atoms with Gasteiger partial charge in [-0.05, 0) is 63.4 Å². The van der Waals surface area contributed by atoms with Crippen LogP contribution in [0.3, 0.4) is 0 Å². The van der Waals surface area contributed by atoms with Gasteiger partial charge in [-0.3, -0.25) is 9.69 Å². The second-order valence-corrected chi connectivity index (χ2v) is 6.36. The lowest BCUT2D eigenvalue weighted by Gasteiger charge is -2.23. The Morgan fingerprint density at radius 2 is 2.21 bits per heavy atom. The van der Waals surface area contributed by atoms with E-state index < -0.39 is 0 Å². The van der Waals surface area contributed by atoms with E-state index in [4.69, 9.17) is 0 Å². The first-order valence-electron chi connectivity index (χ1n) is 6.73. The van der Waals surface area contributed by atoms with E-state index in [1.54, 1.807) is 0 Å². The number of anilines is 1. The van der Waals surface area contributed by atoms with Crippen LogP contribution in [0.15, 0.2) is 22.7 Å². The zero-order chi connectivity index (χ0) is 14.0. The lowest BCUT2D eigenvalue weighted by atomic mass is 10.2. The van der Waals surface area contributed by atoms with Crippen molar-refractivity contribution in [3.63, 3.8) is 0 Å². The molecule has 2 rings (SSSR count). The van der Waals surface area contributed by atoms with Crippen LogP contribution >= 0.6 is 15.9 Å². The van der Waals surface area contributed by atoms with E-state index in [2.05, 4.69) is 33.1 Å². The van der Waals surface area contributed by atoms with Crippen LogP contribution in [0.1, 0.15) is 25.3 Å². The second kappa shape index (κ2) is 6.06. The average Bonchev–Trinajstić information content (AvgIpc) is 3.17. The quantitative estimate of drug-likeness (QED) is 0.900. The van der Waals surface area contributed by atoms with E-state index in [-0.39, 0.29) is 5.91 Å². The molecule has 1 fully saturated rings. The molecule has 104 valence electrons. The van der Waals surface area contributed by atoms with Crippen molar-refractivity contribution in [2.75, 3.05) is 18.9 Å². The van der Waals surface area contributed by atoms with Crippen molar-refractivity contribution in [2.24, 2.45) is 5.92 Å². The first kappa shape index (κ1) is 14.5. The van der Waals surface area contributed by atoms with Gasteiger partial charge in [-0.2, -0.15) is 0 Å². The van der Waals surface area contributed by atoms with Crippen LogP contribution < -0.4 is 5.32 Å². The fourth-order valence-corrected chi connectivity index (χ4v) is 2.48. The molecule has 0 heterocycles. The number of hydrogen-bond acceptors (Lipinski definition) is 2. The number of carbonyl (C=O) groups excluding carboxylic acids is 1. The van der Waals surface area contributed by atoms with Crippen LogP contribution in [0, 0.1) is 12.8 Å². The van der Waals surface area contributed by atoms with Crippen LogP contribution in [0.4, 0.5) is 5.69 Å². The summed E-state index contributed by atoms with van der Waals surface area (Å²) in [5.41, 5.74) is 1.98. The minimum atomic E-state index is 0.0525. The number of nitrogens with zero attached hydrogens (tertiary/aromatic N) is 1. The van der Waals surface area contributed by atoms with Gasteiger partial charge >= 0.3 is 0 Å². The van der Waals surface area contributed by atoms with E-state index in [0.29, 0.717) is 12.6 Å². The monoisotopic (exact) mass is 324 g/mol. The highest BCUT2D eigenvalue weighted by Gasteiger charge is 2.30. The highest BCUT2D eigenvalue weighted by molar-refractivity contribution is 9.10. The molecular formula is C15H21BrN2O. The standard InChI is InChI=1S/C15H21BrN2O/c1-10-8-13(6-7-14(10)16)17-15(19)9-18(3)11(2)12-4-5-12/h6-8,11-12H,4-5,9H2,1-3H3,(H,17,19)/t11-/m1/s1. The topological polar surface area (TPSA) is 32.3 Å². The molecule has 0 unspecified atom stereocenters. The SMILES string of the molecule is Cc1cc(NC(=O)CN(C)[C@H](C)C2CC2)ccc1Br. The van der Waals surface area contributed by atoms with Gasteiger partial charge in [0.2, 0.25) is 5.91 Å². The molecule has 0 bridgehead atoms. The number of carbonyl (C=O) groups is 1. The Balaban J connectivity index is 1.87. The third kappa shape index (κ3) is 4.05. The van der Waals surface area contributed by atoms with Crippen molar-refractivity contribution in [2.45, 2.75) is 32.7 Å². The summed E-state index contributed by atoms with van der Waals surface area (Å²) in [4.78, 5) is 14.1. The van der Waals surface area contributed by atoms with Gasteiger partial charge in [-0.15, -0.1) is 0 Å². The zero-order valence-electron chi connectivity index (χ0n) is 11.7. The van der Waals surface area contributed by atoms with Crippen LogP contribution in [0.25, 0.3) is 0 Å². The van der Waals surface area contributed by atoms with Crippen LogP contribution in [0.5, 0.6) is 0 Å². The van der Waals surface area contributed by atoms with Gasteiger partial charge in [-0.1, -0.05) is 15.9 Å². The summed E-state index contributed by atoms with van der Waals surface area (Å²) >= 11 is 3.46. The highest BCUT2D eigenvalue weighted by atomic mass is 79.9. The predicted molar refractivity (Wildman–Crippen MR) is 82.3 cm³/mol. The molecule has 0 aromatic heterocycles. The molecule has 1 atom stereocenters. The molecule has 1 amide bonds. The number of hydrogen-bond donors (Lipinski definition) is 1. The largest absolute Gasteiger partial charge is 0.325 e. The molecule has 0 radical (unpaired) electrons. The third-order valence-corrected chi connectivity index (χ3v) is 4.72. The van der Waals surface area contributed by atoms with Gasteiger partial charge < -0.3 is 5.32 Å². The second-order valence-electron chi connectivity index (χ2n) is 5.51. The normalized spacial score (nSPS) is 16.5. The summed E-state index contributed by atoms with van der Waals surface area (Å²) < 4.78 is 1.06. The molecule has 1 aliphatic rings. The summed E-state index contributed by atoms with van der Waals surface area (Å²) in [6.07, 6.45) is 2.61. The number of amides is 1. The van der Waals surface area contributed by atoms with E-state index in [1.807, 2.05) is 32.2 Å². The number of halogens is 1. The van der Waals surface area contributed by atoms with Crippen LogP contribution in [-0.4, -0.2) is 30.4 Å². The minimum absolute atomic E-state index is 0.0525. The van der Waals surface area contributed by atoms with E-state index >= 15 is 0 Å². The molecule has 1 N–H and O–H groups in total. The smallest absolute Gasteiger partial charge is 0.238 e. The Morgan fingerprint density at radius 3 is 2.79 bits per heavy atom. The molecule has 0 spiro atoms. The third-order valence-electron chi connectivity index (χ3n) is 3.83. The maximum absolute atomic E-state index is 12.0. The van der Waals surface area contributed by atoms with Gasteiger partial charge in [0.15, 0.2) is 0 Å². The number of likely N-dealkylation sites (N-methyl/N-ethyl adjacent to an activating group) is 1. The lowest BCUT2D eigenvalue weighted by molar-refractivity contribution is -0.117. The van der Waals surface area contributed by atoms with Crippen LogP contribution in [-0.2, 0) is 4.79 Å². The summed E-state index contributed by atoms with van der Waals surface area (Å²) in [6.45, 7) is 4.67. The Bertz CT molecular complexity index is 471. The first-order chi connectivity index (χ1) is 8.97. The highest BCUT2D eigenvalue weighted by Crippen LogP contribution is 2.34. The van der Waals surface area contributed by atoms with Gasteiger partial charge in [0.05, 0.1) is 6.54 Å². The Morgan fingerprint density at radius 1 is 1.53 bits per heavy atom. The number of rotatable bonds is 5. The first-order valence-corrected chi connectivity index (χ1v) is 7.53. The average molecular weight is 325 g/mol. The number of benzene rings is 1. The molecule has 1 aromatic rings. The fraction of sp³-hybridized carbons (Fsp3) is 0.533. The maximum atomic E-state index is 12.0. The van der Waals surface area contributed by atoms with Crippen molar-refractivity contribution in [3.8, 4) is 0 Å².